The third kappa shape index (κ3) is 5.50. The zero-order valence-electron chi connectivity index (χ0n) is 9.90. The number of carbonyl (C=O) groups is 2. The summed E-state index contributed by atoms with van der Waals surface area (Å²) in [6.45, 7) is 8.43. The number of hydrogen-bond donors (Lipinski definition) is 2. The van der Waals surface area contributed by atoms with Gasteiger partial charge in [-0.1, -0.05) is 12.2 Å². The summed E-state index contributed by atoms with van der Waals surface area (Å²) >= 11 is 0. The van der Waals surface area contributed by atoms with Crippen LogP contribution in [0.25, 0.3) is 0 Å². The van der Waals surface area contributed by atoms with Crippen molar-refractivity contribution in [1.29, 1.82) is 0 Å². The zero-order valence-corrected chi connectivity index (χ0v) is 9.90. The summed E-state index contributed by atoms with van der Waals surface area (Å²) in [5.41, 5.74) is 6.51. The maximum Gasteiger partial charge on any atom is 0.303 e. The number of rotatable bonds is 7. The smallest absolute Gasteiger partial charge is 0.303 e. The number of nitrogens with two attached hydrogens (primary N) is 1. The standard InChI is InChI=1S/C11H20N2O3/c1-4-13(7-8(2)3)11(16)9(12)5-6-10(14)15/h9H,2,4-7,12H2,1,3H3,(H,14,15). The Morgan fingerprint density at radius 1 is 1.50 bits per heavy atom. The molecule has 0 saturated heterocycles. The van der Waals surface area contributed by atoms with Crippen molar-refractivity contribution in [1.82, 2.24) is 4.90 Å². The highest BCUT2D eigenvalue weighted by Crippen LogP contribution is 2.03. The molecular formula is C11H20N2O3. The second-order valence-electron chi connectivity index (χ2n) is 3.85. The number of amides is 1. The number of nitrogens with zero attached hydrogens (tertiary/aromatic N) is 1. The molecule has 0 bridgehead atoms. The van der Waals surface area contributed by atoms with Gasteiger partial charge in [-0.05, 0) is 20.3 Å². The molecule has 3 N–H and O–H groups in total. The largest absolute Gasteiger partial charge is 0.481 e. The van der Waals surface area contributed by atoms with Gasteiger partial charge in [0, 0.05) is 19.5 Å². The van der Waals surface area contributed by atoms with Crippen LogP contribution in [0, 0.1) is 0 Å². The fourth-order valence-electron chi connectivity index (χ4n) is 1.31. The number of likely N-dealkylation sites (N-methyl/N-ethyl adjacent to an activating group) is 1. The van der Waals surface area contributed by atoms with Crippen LogP contribution in [-0.4, -0.2) is 41.0 Å². The van der Waals surface area contributed by atoms with E-state index in [9.17, 15) is 9.59 Å². The predicted molar refractivity (Wildman–Crippen MR) is 61.9 cm³/mol. The number of aliphatic carboxylic acids is 1. The van der Waals surface area contributed by atoms with Crippen LogP contribution in [0.2, 0.25) is 0 Å². The first kappa shape index (κ1) is 14.6. The number of carboxylic acid groups (broad SMARTS) is 1. The molecule has 16 heavy (non-hydrogen) atoms. The molecule has 5 heteroatoms. The lowest BCUT2D eigenvalue weighted by molar-refractivity contribution is -0.137. The van der Waals surface area contributed by atoms with E-state index in [0.29, 0.717) is 13.1 Å². The highest BCUT2D eigenvalue weighted by molar-refractivity contribution is 5.82. The molecule has 0 aromatic carbocycles. The van der Waals surface area contributed by atoms with Crippen molar-refractivity contribution in [3.63, 3.8) is 0 Å². The molecule has 0 rings (SSSR count). The Balaban J connectivity index is 4.26. The van der Waals surface area contributed by atoms with Gasteiger partial charge >= 0.3 is 5.97 Å². The van der Waals surface area contributed by atoms with E-state index in [4.69, 9.17) is 10.8 Å². The molecule has 1 atom stereocenters. The van der Waals surface area contributed by atoms with E-state index in [2.05, 4.69) is 6.58 Å². The molecule has 0 heterocycles. The molecule has 0 fully saturated rings. The molecule has 0 aliphatic rings. The van der Waals surface area contributed by atoms with E-state index in [1.807, 2.05) is 13.8 Å². The molecule has 1 amide bonds. The fraction of sp³-hybridized carbons (Fsp3) is 0.636. The van der Waals surface area contributed by atoms with Crippen LogP contribution >= 0.6 is 0 Å². The predicted octanol–water partition coefficient (Wildman–Crippen LogP) is 0.603. The molecule has 0 saturated carbocycles. The van der Waals surface area contributed by atoms with E-state index < -0.39 is 12.0 Å². The fourth-order valence-corrected chi connectivity index (χ4v) is 1.31. The monoisotopic (exact) mass is 228 g/mol. The van der Waals surface area contributed by atoms with Crippen LogP contribution < -0.4 is 5.73 Å². The Labute approximate surface area is 95.9 Å². The van der Waals surface area contributed by atoms with Crippen LogP contribution in [0.4, 0.5) is 0 Å². The SMILES string of the molecule is C=C(C)CN(CC)C(=O)C(N)CCC(=O)O. The van der Waals surface area contributed by atoms with E-state index in [1.165, 1.54) is 0 Å². The van der Waals surface area contributed by atoms with Crippen LogP contribution in [0.1, 0.15) is 26.7 Å². The van der Waals surface area contributed by atoms with Gasteiger partial charge in [0.25, 0.3) is 0 Å². The first-order chi connectivity index (χ1) is 7.38. The summed E-state index contributed by atoms with van der Waals surface area (Å²) in [7, 11) is 0. The number of hydrogen-bond acceptors (Lipinski definition) is 3. The molecule has 5 nitrogen and oxygen atoms in total. The second-order valence-corrected chi connectivity index (χ2v) is 3.85. The molecule has 0 aliphatic carbocycles. The van der Waals surface area contributed by atoms with Gasteiger partial charge < -0.3 is 15.7 Å². The third-order valence-electron chi connectivity index (χ3n) is 2.14. The summed E-state index contributed by atoms with van der Waals surface area (Å²) in [4.78, 5) is 23.7. The van der Waals surface area contributed by atoms with Gasteiger partial charge in [0.1, 0.15) is 0 Å². The summed E-state index contributed by atoms with van der Waals surface area (Å²) in [5.74, 6) is -1.15. The maximum absolute atomic E-state index is 11.8. The Morgan fingerprint density at radius 3 is 2.44 bits per heavy atom. The topological polar surface area (TPSA) is 83.6 Å². The molecule has 0 aromatic heterocycles. The molecule has 0 spiro atoms. The van der Waals surface area contributed by atoms with Crippen molar-refractivity contribution in [2.75, 3.05) is 13.1 Å². The van der Waals surface area contributed by atoms with E-state index in [1.54, 1.807) is 4.90 Å². The van der Waals surface area contributed by atoms with Crippen molar-refractivity contribution in [2.45, 2.75) is 32.7 Å². The Morgan fingerprint density at radius 2 is 2.06 bits per heavy atom. The zero-order chi connectivity index (χ0) is 12.7. The summed E-state index contributed by atoms with van der Waals surface area (Å²) in [6, 6.07) is -0.740. The summed E-state index contributed by atoms with van der Waals surface area (Å²) < 4.78 is 0. The summed E-state index contributed by atoms with van der Waals surface area (Å²) in [5, 5.41) is 8.49. The average Bonchev–Trinajstić information content (AvgIpc) is 2.21. The van der Waals surface area contributed by atoms with Gasteiger partial charge in [0.15, 0.2) is 0 Å². The molecule has 92 valence electrons. The van der Waals surface area contributed by atoms with E-state index in [0.717, 1.165) is 5.57 Å². The highest BCUT2D eigenvalue weighted by Gasteiger charge is 2.20. The van der Waals surface area contributed by atoms with Gasteiger partial charge in [0.05, 0.1) is 6.04 Å². The number of carboxylic acids is 1. The van der Waals surface area contributed by atoms with Crippen molar-refractivity contribution in [3.05, 3.63) is 12.2 Å². The first-order valence-corrected chi connectivity index (χ1v) is 5.29. The van der Waals surface area contributed by atoms with Gasteiger partial charge in [-0.25, -0.2) is 0 Å². The van der Waals surface area contributed by atoms with Crippen LogP contribution in [0.5, 0.6) is 0 Å². The van der Waals surface area contributed by atoms with E-state index in [-0.39, 0.29) is 18.7 Å². The normalized spacial score (nSPS) is 11.9. The van der Waals surface area contributed by atoms with Gasteiger partial charge in [-0.15, -0.1) is 0 Å². The van der Waals surface area contributed by atoms with Crippen molar-refractivity contribution in [2.24, 2.45) is 5.73 Å². The minimum absolute atomic E-state index is 0.0858. The quantitative estimate of drug-likeness (QED) is 0.625. The van der Waals surface area contributed by atoms with Crippen LogP contribution in [0.3, 0.4) is 0 Å². The lowest BCUT2D eigenvalue weighted by Crippen LogP contribution is -2.44. The Hall–Kier alpha value is -1.36. The van der Waals surface area contributed by atoms with E-state index >= 15 is 0 Å². The van der Waals surface area contributed by atoms with Gasteiger partial charge in [0.2, 0.25) is 5.91 Å². The minimum Gasteiger partial charge on any atom is -0.481 e. The molecule has 0 radical (unpaired) electrons. The van der Waals surface area contributed by atoms with Crippen molar-refractivity contribution >= 4 is 11.9 Å². The molecule has 0 aliphatic heterocycles. The Kier molecular flexibility index (Phi) is 6.41. The van der Waals surface area contributed by atoms with Crippen molar-refractivity contribution in [3.8, 4) is 0 Å². The van der Waals surface area contributed by atoms with Crippen molar-refractivity contribution < 1.29 is 14.7 Å². The molecule has 0 aromatic rings. The third-order valence-corrected chi connectivity index (χ3v) is 2.14. The molecule has 1 unspecified atom stereocenters. The maximum atomic E-state index is 11.8. The lowest BCUT2D eigenvalue weighted by Gasteiger charge is -2.24. The minimum atomic E-state index is -0.939. The molecular weight excluding hydrogens is 208 g/mol. The second kappa shape index (κ2) is 7.00. The highest BCUT2D eigenvalue weighted by atomic mass is 16.4. The Bertz CT molecular complexity index is 276. The van der Waals surface area contributed by atoms with Crippen LogP contribution in [0.15, 0.2) is 12.2 Å². The first-order valence-electron chi connectivity index (χ1n) is 5.29. The lowest BCUT2D eigenvalue weighted by atomic mass is 10.1. The average molecular weight is 228 g/mol. The van der Waals surface area contributed by atoms with Crippen LogP contribution in [-0.2, 0) is 9.59 Å². The van der Waals surface area contributed by atoms with Gasteiger partial charge in [-0.3, -0.25) is 9.59 Å². The van der Waals surface area contributed by atoms with Gasteiger partial charge in [-0.2, -0.15) is 0 Å². The number of carbonyl (C=O) groups excluding carboxylic acids is 1. The summed E-state index contributed by atoms with van der Waals surface area (Å²) in [6.07, 6.45) is 0.0817.